The maximum Gasteiger partial charge on any atom is 0.209 e. The summed E-state index contributed by atoms with van der Waals surface area (Å²) < 4.78 is 26.1. The van der Waals surface area contributed by atoms with Crippen molar-refractivity contribution in [3.63, 3.8) is 0 Å². The maximum absolute atomic E-state index is 10.8. The predicted molar refractivity (Wildman–Crippen MR) is 67.3 cm³/mol. The second-order valence-corrected chi connectivity index (χ2v) is 5.55. The number of nitrogens with two attached hydrogens (primary N) is 2. The molecule has 0 fully saturated rings. The number of rotatable bonds is 5. The summed E-state index contributed by atoms with van der Waals surface area (Å²) in [7, 11) is -3.42. The van der Waals surface area contributed by atoms with Crippen LogP contribution in [0.25, 0.3) is 11.0 Å². The van der Waals surface area contributed by atoms with Gasteiger partial charge in [-0.05, 0) is 28.9 Å². The average Bonchev–Trinajstić information content (AvgIpc) is 2.75. The molecule has 8 nitrogen and oxygen atoms in total. The lowest BCUT2D eigenvalue weighted by Gasteiger charge is -2.06. The van der Waals surface area contributed by atoms with Crippen molar-refractivity contribution in [3.05, 3.63) is 12.1 Å². The van der Waals surface area contributed by atoms with Gasteiger partial charge in [-0.3, -0.25) is 0 Å². The molecule has 0 unspecified atom stereocenters. The highest BCUT2D eigenvalue weighted by Gasteiger charge is 2.09. The summed E-state index contributed by atoms with van der Waals surface area (Å²) in [5, 5.41) is 15.3. The topological polar surface area (TPSA) is 137 Å². The van der Waals surface area contributed by atoms with E-state index in [-0.39, 0.29) is 5.75 Å². The minimum Gasteiger partial charge on any atom is -0.397 e. The van der Waals surface area contributed by atoms with E-state index in [2.05, 4.69) is 20.3 Å². The molecule has 0 aliphatic carbocycles. The third kappa shape index (κ3) is 2.87. The highest BCUT2D eigenvalue weighted by atomic mass is 32.2. The lowest BCUT2D eigenvalue weighted by molar-refractivity contribution is 0.316. The number of hydrogen-bond acceptors (Lipinski definition) is 7. The highest BCUT2D eigenvalue weighted by Crippen LogP contribution is 2.24. The molecule has 5 N–H and O–H groups in total. The fourth-order valence-corrected chi connectivity index (χ4v) is 2.07. The van der Waals surface area contributed by atoms with Gasteiger partial charge in [0.2, 0.25) is 10.0 Å². The summed E-state index contributed by atoms with van der Waals surface area (Å²) in [6.45, 7) is 0.447. The number of sulfonamides is 1. The van der Waals surface area contributed by atoms with E-state index in [0.717, 1.165) is 0 Å². The van der Waals surface area contributed by atoms with Crippen LogP contribution in [0.4, 0.5) is 11.4 Å². The fraction of sp³-hybridized carbons (Fsp3) is 0.333. The fourth-order valence-electron chi connectivity index (χ4n) is 1.52. The van der Waals surface area contributed by atoms with Crippen LogP contribution in [0.1, 0.15) is 6.42 Å². The van der Waals surface area contributed by atoms with Gasteiger partial charge in [0.15, 0.2) is 11.0 Å². The zero-order valence-electron chi connectivity index (χ0n) is 9.46. The van der Waals surface area contributed by atoms with E-state index in [9.17, 15) is 8.42 Å². The Bertz CT molecular complexity index is 651. The van der Waals surface area contributed by atoms with Gasteiger partial charge in [-0.2, -0.15) is 0 Å². The number of benzene rings is 1. The van der Waals surface area contributed by atoms with Crippen LogP contribution in [-0.2, 0) is 10.0 Å². The molecule has 0 radical (unpaired) electrons. The van der Waals surface area contributed by atoms with Crippen molar-refractivity contribution in [2.24, 2.45) is 5.14 Å². The number of nitrogen functional groups attached to an aromatic ring is 1. The third-order valence-electron chi connectivity index (χ3n) is 2.37. The van der Waals surface area contributed by atoms with Crippen LogP contribution >= 0.6 is 0 Å². The normalized spacial score (nSPS) is 11.8. The average molecular weight is 271 g/mol. The molecular formula is C9H13N5O3S. The molecule has 0 aliphatic rings. The Labute approximate surface area is 103 Å². The van der Waals surface area contributed by atoms with E-state index >= 15 is 0 Å². The van der Waals surface area contributed by atoms with E-state index in [1.165, 1.54) is 0 Å². The van der Waals surface area contributed by atoms with Gasteiger partial charge in [0.1, 0.15) is 0 Å². The number of anilines is 2. The van der Waals surface area contributed by atoms with Crippen LogP contribution in [-0.4, -0.2) is 31.0 Å². The highest BCUT2D eigenvalue weighted by molar-refractivity contribution is 7.89. The van der Waals surface area contributed by atoms with E-state index in [4.69, 9.17) is 10.9 Å². The van der Waals surface area contributed by atoms with E-state index < -0.39 is 10.0 Å². The molecule has 98 valence electrons. The standard InChI is InChI=1S/C9H13N5O3S/c10-6-2-3-7(9-8(6)13-17-14-9)12-4-1-5-18(11,15)16/h2-3,12H,1,4-5,10H2,(H2,11,15,16). The van der Waals surface area contributed by atoms with E-state index in [1.54, 1.807) is 12.1 Å². The summed E-state index contributed by atoms with van der Waals surface area (Å²) in [6.07, 6.45) is 0.399. The second kappa shape index (κ2) is 4.78. The number of fused-ring (bicyclic) bond motifs is 1. The Hall–Kier alpha value is -1.87. The monoisotopic (exact) mass is 271 g/mol. The zero-order chi connectivity index (χ0) is 13.2. The van der Waals surface area contributed by atoms with Crippen molar-refractivity contribution in [2.75, 3.05) is 23.3 Å². The van der Waals surface area contributed by atoms with Crippen LogP contribution in [0, 0.1) is 0 Å². The van der Waals surface area contributed by atoms with Crippen molar-refractivity contribution < 1.29 is 13.0 Å². The minimum atomic E-state index is -3.42. The third-order valence-corrected chi connectivity index (χ3v) is 3.23. The van der Waals surface area contributed by atoms with E-state index in [1.807, 2.05) is 0 Å². The van der Waals surface area contributed by atoms with Gasteiger partial charge in [-0.25, -0.2) is 18.2 Å². The summed E-state index contributed by atoms with van der Waals surface area (Å²) in [6, 6.07) is 3.41. The van der Waals surface area contributed by atoms with Crippen LogP contribution < -0.4 is 16.2 Å². The first-order valence-electron chi connectivity index (χ1n) is 5.22. The second-order valence-electron chi connectivity index (χ2n) is 3.81. The SMILES string of the molecule is Nc1ccc(NCCCS(N)(=O)=O)c2nonc12. The molecule has 0 aliphatic heterocycles. The lowest BCUT2D eigenvalue weighted by atomic mass is 10.2. The Morgan fingerprint density at radius 2 is 2.00 bits per heavy atom. The summed E-state index contributed by atoms with van der Waals surface area (Å²) in [4.78, 5) is 0. The van der Waals surface area contributed by atoms with Gasteiger partial charge in [0.05, 0.1) is 17.1 Å². The number of nitrogens with zero attached hydrogens (tertiary/aromatic N) is 2. The van der Waals surface area contributed by atoms with Crippen LogP contribution in [0.3, 0.4) is 0 Å². The van der Waals surface area contributed by atoms with Gasteiger partial charge < -0.3 is 11.1 Å². The molecule has 1 heterocycles. The first-order valence-corrected chi connectivity index (χ1v) is 6.94. The molecule has 2 rings (SSSR count). The molecule has 0 amide bonds. The largest absolute Gasteiger partial charge is 0.397 e. The molecule has 0 bridgehead atoms. The molecule has 0 saturated heterocycles. The van der Waals surface area contributed by atoms with Crippen molar-refractivity contribution in [1.82, 2.24) is 10.3 Å². The molecule has 1 aromatic heterocycles. The molecule has 0 saturated carbocycles. The summed E-state index contributed by atoms with van der Waals surface area (Å²) in [5.41, 5.74) is 7.86. The van der Waals surface area contributed by atoms with Gasteiger partial charge in [0, 0.05) is 6.54 Å². The van der Waals surface area contributed by atoms with Gasteiger partial charge >= 0.3 is 0 Å². The lowest BCUT2D eigenvalue weighted by Crippen LogP contribution is -2.18. The molecule has 1 aromatic carbocycles. The number of primary sulfonamides is 1. The number of nitrogens with one attached hydrogen (secondary N) is 1. The molecular weight excluding hydrogens is 258 g/mol. The first kappa shape index (κ1) is 12.6. The molecule has 9 heteroatoms. The number of aromatic nitrogens is 2. The molecule has 2 aromatic rings. The van der Waals surface area contributed by atoms with Crippen LogP contribution in [0.2, 0.25) is 0 Å². The van der Waals surface area contributed by atoms with Crippen molar-refractivity contribution in [2.45, 2.75) is 6.42 Å². The Balaban J connectivity index is 2.04. The maximum atomic E-state index is 10.8. The smallest absolute Gasteiger partial charge is 0.209 e. The zero-order valence-corrected chi connectivity index (χ0v) is 10.3. The van der Waals surface area contributed by atoms with Gasteiger partial charge in [-0.1, -0.05) is 0 Å². The molecule has 0 atom stereocenters. The predicted octanol–water partition coefficient (Wildman–Crippen LogP) is -0.105. The molecule has 0 spiro atoms. The van der Waals surface area contributed by atoms with Crippen molar-refractivity contribution in [3.8, 4) is 0 Å². The van der Waals surface area contributed by atoms with Crippen LogP contribution in [0.5, 0.6) is 0 Å². The van der Waals surface area contributed by atoms with Crippen molar-refractivity contribution in [1.29, 1.82) is 0 Å². The minimum absolute atomic E-state index is 0.0742. The van der Waals surface area contributed by atoms with E-state index in [0.29, 0.717) is 35.4 Å². The quantitative estimate of drug-likeness (QED) is 0.509. The summed E-state index contributed by atoms with van der Waals surface area (Å²) >= 11 is 0. The van der Waals surface area contributed by atoms with Crippen LogP contribution in [0.15, 0.2) is 16.8 Å². The van der Waals surface area contributed by atoms with Gasteiger partial charge in [0.25, 0.3) is 0 Å². The first-order chi connectivity index (χ1) is 8.47. The Morgan fingerprint density at radius 3 is 2.72 bits per heavy atom. The van der Waals surface area contributed by atoms with Gasteiger partial charge in [-0.15, -0.1) is 0 Å². The molecule has 18 heavy (non-hydrogen) atoms. The summed E-state index contributed by atoms with van der Waals surface area (Å²) in [5.74, 6) is -0.0742. The Kier molecular flexibility index (Phi) is 3.34. The Morgan fingerprint density at radius 1 is 1.28 bits per heavy atom. The van der Waals surface area contributed by atoms with Crippen molar-refractivity contribution >= 4 is 32.4 Å². The number of hydrogen-bond donors (Lipinski definition) is 3.